The molecule has 2 aromatic carbocycles. The monoisotopic (exact) mass is 302 g/mol. The number of aryl methyl sites for hydroxylation is 1. The minimum Gasteiger partial charge on any atom is -0.456 e. The Morgan fingerprint density at radius 2 is 2.00 bits per heavy atom. The van der Waals surface area contributed by atoms with Gasteiger partial charge in [-0.3, -0.25) is 0 Å². The summed E-state index contributed by atoms with van der Waals surface area (Å²) in [6, 6.07) is 12.8. The molecule has 0 unspecified atom stereocenters. The van der Waals surface area contributed by atoms with Gasteiger partial charge >= 0.3 is 0 Å². The molecule has 3 nitrogen and oxygen atoms in total. The van der Waals surface area contributed by atoms with Gasteiger partial charge in [0.25, 0.3) is 0 Å². The molecule has 0 radical (unpaired) electrons. The SMILES string of the molecule is Cc1cc(Oc2cc(N)ccc2Br)ccc1C#N. The molecular formula is C14H11BrN2O. The summed E-state index contributed by atoms with van der Waals surface area (Å²) in [6.07, 6.45) is 0. The highest BCUT2D eigenvalue weighted by Crippen LogP contribution is 2.32. The number of nitrogens with two attached hydrogens (primary N) is 1. The molecule has 0 spiro atoms. The van der Waals surface area contributed by atoms with Gasteiger partial charge in [-0.15, -0.1) is 0 Å². The molecule has 0 aliphatic carbocycles. The van der Waals surface area contributed by atoms with Crippen molar-refractivity contribution in [1.29, 1.82) is 5.26 Å². The standard InChI is InChI=1S/C14H11BrN2O/c1-9-6-12(4-2-10(9)8-16)18-14-7-11(17)3-5-13(14)15/h2-7H,17H2,1H3. The van der Waals surface area contributed by atoms with Crippen LogP contribution >= 0.6 is 15.9 Å². The van der Waals surface area contributed by atoms with Crippen LogP contribution in [0.3, 0.4) is 0 Å². The topological polar surface area (TPSA) is 59.0 Å². The lowest BCUT2D eigenvalue weighted by molar-refractivity contribution is 0.479. The van der Waals surface area contributed by atoms with E-state index in [1.54, 1.807) is 24.3 Å². The highest BCUT2D eigenvalue weighted by molar-refractivity contribution is 9.10. The number of nitrogen functional groups attached to an aromatic ring is 1. The Labute approximate surface area is 114 Å². The van der Waals surface area contributed by atoms with Gasteiger partial charge in [0, 0.05) is 11.8 Å². The molecule has 0 saturated carbocycles. The highest BCUT2D eigenvalue weighted by Gasteiger charge is 2.05. The molecule has 0 aromatic heterocycles. The van der Waals surface area contributed by atoms with Gasteiger partial charge in [-0.25, -0.2) is 0 Å². The highest BCUT2D eigenvalue weighted by atomic mass is 79.9. The number of benzene rings is 2. The second kappa shape index (κ2) is 5.11. The Kier molecular flexibility index (Phi) is 3.54. The third-order valence-electron chi connectivity index (χ3n) is 2.50. The predicted octanol–water partition coefficient (Wildman–Crippen LogP) is 4.00. The minimum atomic E-state index is 0.638. The fourth-order valence-corrected chi connectivity index (χ4v) is 1.88. The van der Waals surface area contributed by atoms with Crippen molar-refractivity contribution in [2.24, 2.45) is 0 Å². The number of hydrogen-bond acceptors (Lipinski definition) is 3. The van der Waals surface area contributed by atoms with Crippen LogP contribution in [-0.4, -0.2) is 0 Å². The maximum absolute atomic E-state index is 8.86. The Morgan fingerprint density at radius 3 is 2.67 bits per heavy atom. The molecule has 0 aliphatic rings. The van der Waals surface area contributed by atoms with Gasteiger partial charge in [0.2, 0.25) is 0 Å². The summed E-state index contributed by atoms with van der Waals surface area (Å²) in [5.41, 5.74) is 7.88. The van der Waals surface area contributed by atoms with Crippen LogP contribution in [0.4, 0.5) is 5.69 Å². The summed E-state index contributed by atoms with van der Waals surface area (Å²) in [6.45, 7) is 1.87. The predicted molar refractivity (Wildman–Crippen MR) is 74.5 cm³/mol. The first-order valence-corrected chi connectivity index (χ1v) is 6.13. The van der Waals surface area contributed by atoms with Crippen LogP contribution in [0.1, 0.15) is 11.1 Å². The van der Waals surface area contributed by atoms with Gasteiger partial charge in [-0.05, 0) is 58.7 Å². The van der Waals surface area contributed by atoms with Crippen molar-refractivity contribution in [2.75, 3.05) is 5.73 Å². The van der Waals surface area contributed by atoms with Gasteiger partial charge in [-0.1, -0.05) is 0 Å². The van der Waals surface area contributed by atoms with Gasteiger partial charge in [-0.2, -0.15) is 5.26 Å². The zero-order valence-electron chi connectivity index (χ0n) is 9.77. The summed E-state index contributed by atoms with van der Waals surface area (Å²) in [5.74, 6) is 1.33. The van der Waals surface area contributed by atoms with Crippen LogP contribution in [0.2, 0.25) is 0 Å². The first kappa shape index (κ1) is 12.5. The van der Waals surface area contributed by atoms with E-state index in [9.17, 15) is 0 Å². The van der Waals surface area contributed by atoms with Crippen LogP contribution in [0.5, 0.6) is 11.5 Å². The van der Waals surface area contributed by atoms with Crippen LogP contribution in [0.25, 0.3) is 0 Å². The van der Waals surface area contributed by atoms with E-state index in [2.05, 4.69) is 22.0 Å². The molecule has 0 atom stereocenters. The van der Waals surface area contributed by atoms with Crippen molar-refractivity contribution in [2.45, 2.75) is 6.92 Å². The van der Waals surface area contributed by atoms with Crippen LogP contribution in [0.15, 0.2) is 40.9 Å². The quantitative estimate of drug-likeness (QED) is 0.853. The molecule has 0 amide bonds. The minimum absolute atomic E-state index is 0.638. The van der Waals surface area contributed by atoms with E-state index in [4.69, 9.17) is 15.7 Å². The zero-order chi connectivity index (χ0) is 13.1. The molecule has 4 heteroatoms. The molecule has 0 bridgehead atoms. The van der Waals surface area contributed by atoms with E-state index in [0.717, 1.165) is 10.0 Å². The van der Waals surface area contributed by atoms with E-state index >= 15 is 0 Å². The van der Waals surface area contributed by atoms with Gasteiger partial charge in [0.1, 0.15) is 11.5 Å². The van der Waals surface area contributed by atoms with E-state index in [0.29, 0.717) is 22.7 Å². The van der Waals surface area contributed by atoms with Crippen molar-refractivity contribution >= 4 is 21.6 Å². The Bertz CT molecular complexity index is 632. The number of anilines is 1. The first-order chi connectivity index (χ1) is 8.60. The number of nitrogens with zero attached hydrogens (tertiary/aromatic N) is 1. The maximum atomic E-state index is 8.86. The van der Waals surface area contributed by atoms with Crippen LogP contribution in [-0.2, 0) is 0 Å². The second-order valence-corrected chi connectivity index (χ2v) is 4.73. The van der Waals surface area contributed by atoms with E-state index in [1.807, 2.05) is 19.1 Å². The van der Waals surface area contributed by atoms with Crippen LogP contribution < -0.4 is 10.5 Å². The van der Waals surface area contributed by atoms with Crippen LogP contribution in [0, 0.1) is 18.3 Å². The Hall–Kier alpha value is -1.99. The van der Waals surface area contributed by atoms with E-state index < -0.39 is 0 Å². The van der Waals surface area contributed by atoms with Gasteiger partial charge < -0.3 is 10.5 Å². The molecule has 0 heterocycles. The molecule has 0 fully saturated rings. The lowest BCUT2D eigenvalue weighted by Gasteiger charge is -2.09. The molecule has 18 heavy (non-hydrogen) atoms. The smallest absolute Gasteiger partial charge is 0.143 e. The van der Waals surface area contributed by atoms with Crippen molar-refractivity contribution < 1.29 is 4.74 Å². The summed E-state index contributed by atoms with van der Waals surface area (Å²) in [7, 11) is 0. The average molecular weight is 303 g/mol. The van der Waals surface area contributed by atoms with Crippen molar-refractivity contribution in [3.8, 4) is 17.6 Å². The molecule has 2 rings (SSSR count). The molecule has 2 aromatic rings. The fourth-order valence-electron chi connectivity index (χ4n) is 1.55. The Balaban J connectivity index is 2.32. The zero-order valence-corrected chi connectivity index (χ0v) is 11.4. The maximum Gasteiger partial charge on any atom is 0.143 e. The third kappa shape index (κ3) is 2.63. The number of hydrogen-bond donors (Lipinski definition) is 1. The van der Waals surface area contributed by atoms with Crippen molar-refractivity contribution in [1.82, 2.24) is 0 Å². The largest absolute Gasteiger partial charge is 0.456 e. The molecule has 0 aliphatic heterocycles. The number of rotatable bonds is 2. The number of halogens is 1. The number of nitriles is 1. The summed E-state index contributed by atoms with van der Waals surface area (Å²) < 4.78 is 6.57. The summed E-state index contributed by atoms with van der Waals surface area (Å²) >= 11 is 3.40. The lowest BCUT2D eigenvalue weighted by atomic mass is 10.1. The fraction of sp³-hybridized carbons (Fsp3) is 0.0714. The summed E-state index contributed by atoms with van der Waals surface area (Å²) in [4.78, 5) is 0. The number of ether oxygens (including phenoxy) is 1. The molecule has 2 N–H and O–H groups in total. The average Bonchev–Trinajstić information content (AvgIpc) is 2.34. The molecule has 90 valence electrons. The van der Waals surface area contributed by atoms with Crippen molar-refractivity contribution in [3.63, 3.8) is 0 Å². The third-order valence-corrected chi connectivity index (χ3v) is 3.16. The van der Waals surface area contributed by atoms with Gasteiger partial charge in [0.15, 0.2) is 0 Å². The van der Waals surface area contributed by atoms with E-state index in [-0.39, 0.29) is 0 Å². The molecular weight excluding hydrogens is 292 g/mol. The normalized spacial score (nSPS) is 9.83. The Morgan fingerprint density at radius 1 is 1.22 bits per heavy atom. The van der Waals surface area contributed by atoms with E-state index in [1.165, 1.54) is 0 Å². The summed E-state index contributed by atoms with van der Waals surface area (Å²) in [5, 5.41) is 8.86. The van der Waals surface area contributed by atoms with Crippen molar-refractivity contribution in [3.05, 3.63) is 52.0 Å². The second-order valence-electron chi connectivity index (χ2n) is 3.88. The lowest BCUT2D eigenvalue weighted by Crippen LogP contribution is -1.90. The first-order valence-electron chi connectivity index (χ1n) is 5.34. The molecule has 0 saturated heterocycles. The van der Waals surface area contributed by atoms with Gasteiger partial charge in [0.05, 0.1) is 16.1 Å².